The number of hydrogen-bond acceptors (Lipinski definition) is 3. The van der Waals surface area contributed by atoms with Gasteiger partial charge in [0, 0.05) is 48.5 Å². The van der Waals surface area contributed by atoms with Crippen LogP contribution in [0, 0.1) is 6.92 Å². The van der Waals surface area contributed by atoms with Crippen LogP contribution in [0.25, 0.3) is 11.0 Å². The van der Waals surface area contributed by atoms with E-state index in [-0.39, 0.29) is 0 Å². The highest BCUT2D eigenvalue weighted by Crippen LogP contribution is 2.19. The molecule has 0 aliphatic carbocycles. The van der Waals surface area contributed by atoms with Crippen molar-refractivity contribution in [3.05, 3.63) is 89.3 Å². The molecular weight excluding hydrogens is 308 g/mol. The Morgan fingerprint density at radius 1 is 0.920 bits per heavy atom. The third-order valence-corrected chi connectivity index (χ3v) is 4.62. The fraction of sp³-hybridized carbons (Fsp3) is 0.190. The minimum absolute atomic E-state index is 0.862. The van der Waals surface area contributed by atoms with Crippen LogP contribution in [0.2, 0.25) is 0 Å². The number of H-pyrrole nitrogens is 1. The van der Waals surface area contributed by atoms with Gasteiger partial charge >= 0.3 is 0 Å². The molecule has 0 amide bonds. The maximum absolute atomic E-state index is 4.64. The summed E-state index contributed by atoms with van der Waals surface area (Å²) in [7, 11) is 0. The molecule has 4 aromatic heterocycles. The molecule has 4 rings (SSSR count). The van der Waals surface area contributed by atoms with Crippen LogP contribution in [0.1, 0.15) is 27.9 Å². The number of nitrogens with one attached hydrogen (secondary N) is 1. The normalized spacial score (nSPS) is 11.1. The zero-order chi connectivity index (χ0) is 17.1. The summed E-state index contributed by atoms with van der Waals surface area (Å²) in [6.45, 7) is 2.13. The Labute approximate surface area is 147 Å². The summed E-state index contributed by atoms with van der Waals surface area (Å²) in [6, 6.07) is 10.4. The molecule has 1 N–H and O–H groups in total. The van der Waals surface area contributed by atoms with Gasteiger partial charge in [-0.05, 0) is 66.3 Å². The molecular formula is C21H20N4. The van der Waals surface area contributed by atoms with Crippen LogP contribution in [0.5, 0.6) is 0 Å². The first kappa shape index (κ1) is 15.5. The first-order valence-electron chi connectivity index (χ1n) is 8.54. The second kappa shape index (κ2) is 6.85. The van der Waals surface area contributed by atoms with E-state index in [9.17, 15) is 0 Å². The Hall–Kier alpha value is -3.01. The number of aryl methyl sites for hydroxylation is 3. The lowest BCUT2D eigenvalue weighted by Crippen LogP contribution is -1.98. The number of fused-ring (bicyclic) bond motifs is 1. The predicted molar refractivity (Wildman–Crippen MR) is 99.5 cm³/mol. The molecule has 4 nitrogen and oxygen atoms in total. The summed E-state index contributed by atoms with van der Waals surface area (Å²) in [5, 5.41) is 1.18. The van der Waals surface area contributed by atoms with E-state index in [1.54, 1.807) is 0 Å². The van der Waals surface area contributed by atoms with Crippen molar-refractivity contribution in [3.8, 4) is 0 Å². The molecule has 124 valence electrons. The molecule has 0 spiro atoms. The van der Waals surface area contributed by atoms with Gasteiger partial charge in [-0.3, -0.25) is 9.97 Å². The minimum Gasteiger partial charge on any atom is -0.346 e. The second-order valence-electron chi connectivity index (χ2n) is 6.35. The fourth-order valence-electron chi connectivity index (χ4n) is 3.11. The molecule has 0 bridgehead atoms. The monoisotopic (exact) mass is 328 g/mol. The van der Waals surface area contributed by atoms with Gasteiger partial charge < -0.3 is 4.98 Å². The van der Waals surface area contributed by atoms with E-state index in [4.69, 9.17) is 0 Å². The standard InChI is InChI=1S/C21H20N4/c1-15-8-10-22-13-17(15)5-7-19-6-4-16(12-24-19)11-18-14-25-21-20(18)3-2-9-23-21/h2-4,6,8-10,12-14H,5,7,11H2,1H3,(H,23,25). The topological polar surface area (TPSA) is 54.5 Å². The molecule has 0 radical (unpaired) electrons. The lowest BCUT2D eigenvalue weighted by Gasteiger charge is -2.06. The number of nitrogens with zero attached hydrogens (tertiary/aromatic N) is 3. The molecule has 0 aliphatic rings. The molecule has 0 saturated heterocycles. The molecule has 4 heterocycles. The molecule has 4 aromatic rings. The van der Waals surface area contributed by atoms with Crippen LogP contribution >= 0.6 is 0 Å². The fourth-order valence-corrected chi connectivity index (χ4v) is 3.11. The molecule has 0 unspecified atom stereocenters. The van der Waals surface area contributed by atoms with Crippen molar-refractivity contribution >= 4 is 11.0 Å². The smallest absolute Gasteiger partial charge is 0.137 e. The van der Waals surface area contributed by atoms with Gasteiger partial charge in [0.25, 0.3) is 0 Å². The third kappa shape index (κ3) is 3.43. The molecule has 25 heavy (non-hydrogen) atoms. The highest BCUT2D eigenvalue weighted by atomic mass is 14.8. The van der Waals surface area contributed by atoms with Gasteiger partial charge in [0.2, 0.25) is 0 Å². The van der Waals surface area contributed by atoms with Crippen LogP contribution in [0.3, 0.4) is 0 Å². The summed E-state index contributed by atoms with van der Waals surface area (Å²) >= 11 is 0. The van der Waals surface area contributed by atoms with E-state index in [0.717, 1.165) is 30.6 Å². The zero-order valence-corrected chi connectivity index (χ0v) is 14.2. The van der Waals surface area contributed by atoms with E-state index >= 15 is 0 Å². The summed E-state index contributed by atoms with van der Waals surface area (Å²) in [5.41, 5.74) is 7.11. The van der Waals surface area contributed by atoms with Crippen LogP contribution in [-0.4, -0.2) is 19.9 Å². The Bertz CT molecular complexity index is 986. The molecule has 0 aromatic carbocycles. The highest BCUT2D eigenvalue weighted by Gasteiger charge is 2.06. The summed E-state index contributed by atoms with van der Waals surface area (Å²) in [4.78, 5) is 16.4. The Morgan fingerprint density at radius 2 is 1.88 bits per heavy atom. The average Bonchev–Trinajstić information content (AvgIpc) is 3.05. The minimum atomic E-state index is 0.862. The van der Waals surface area contributed by atoms with Crippen molar-refractivity contribution in [2.24, 2.45) is 0 Å². The van der Waals surface area contributed by atoms with Crippen molar-refractivity contribution in [3.63, 3.8) is 0 Å². The maximum Gasteiger partial charge on any atom is 0.137 e. The van der Waals surface area contributed by atoms with E-state index in [2.05, 4.69) is 51.1 Å². The summed E-state index contributed by atoms with van der Waals surface area (Å²) in [5.74, 6) is 0. The number of hydrogen-bond donors (Lipinski definition) is 1. The number of pyridine rings is 3. The Balaban J connectivity index is 1.44. The molecule has 0 aliphatic heterocycles. The first-order chi connectivity index (χ1) is 12.3. The van der Waals surface area contributed by atoms with Gasteiger partial charge in [-0.25, -0.2) is 4.98 Å². The van der Waals surface area contributed by atoms with E-state index in [1.165, 1.54) is 27.6 Å². The number of aromatic amines is 1. The third-order valence-electron chi connectivity index (χ3n) is 4.62. The van der Waals surface area contributed by atoms with Crippen molar-refractivity contribution in [1.29, 1.82) is 0 Å². The van der Waals surface area contributed by atoms with Gasteiger partial charge in [0.1, 0.15) is 5.65 Å². The van der Waals surface area contributed by atoms with Gasteiger partial charge in [0.15, 0.2) is 0 Å². The zero-order valence-electron chi connectivity index (χ0n) is 14.2. The summed E-state index contributed by atoms with van der Waals surface area (Å²) < 4.78 is 0. The molecule has 4 heteroatoms. The van der Waals surface area contributed by atoms with Crippen molar-refractivity contribution < 1.29 is 0 Å². The maximum atomic E-state index is 4.64. The largest absolute Gasteiger partial charge is 0.346 e. The van der Waals surface area contributed by atoms with Gasteiger partial charge in [-0.15, -0.1) is 0 Å². The van der Waals surface area contributed by atoms with Crippen molar-refractivity contribution in [2.45, 2.75) is 26.2 Å². The van der Waals surface area contributed by atoms with Gasteiger partial charge in [0.05, 0.1) is 0 Å². The van der Waals surface area contributed by atoms with Crippen LogP contribution in [0.15, 0.2) is 61.3 Å². The second-order valence-corrected chi connectivity index (χ2v) is 6.35. The highest BCUT2D eigenvalue weighted by molar-refractivity contribution is 5.79. The number of rotatable bonds is 5. The van der Waals surface area contributed by atoms with Crippen LogP contribution < -0.4 is 0 Å². The summed E-state index contributed by atoms with van der Waals surface area (Å²) in [6.07, 6.45) is 12.4. The van der Waals surface area contributed by atoms with E-state index < -0.39 is 0 Å². The quantitative estimate of drug-likeness (QED) is 0.601. The van der Waals surface area contributed by atoms with Gasteiger partial charge in [-0.1, -0.05) is 6.07 Å². The van der Waals surface area contributed by atoms with Crippen LogP contribution in [-0.2, 0) is 19.3 Å². The van der Waals surface area contributed by atoms with Gasteiger partial charge in [-0.2, -0.15) is 0 Å². The number of aromatic nitrogens is 4. The van der Waals surface area contributed by atoms with Crippen LogP contribution in [0.4, 0.5) is 0 Å². The first-order valence-corrected chi connectivity index (χ1v) is 8.54. The SMILES string of the molecule is Cc1ccncc1CCc1ccc(Cc2c[nH]c3ncccc23)cn1. The van der Waals surface area contributed by atoms with Crippen molar-refractivity contribution in [1.82, 2.24) is 19.9 Å². The lowest BCUT2D eigenvalue weighted by atomic mass is 10.0. The van der Waals surface area contributed by atoms with E-state index in [1.807, 2.05) is 37.1 Å². The predicted octanol–water partition coefficient (Wildman–Crippen LogP) is 4.04. The average molecular weight is 328 g/mol. The molecule has 0 atom stereocenters. The Morgan fingerprint density at radius 3 is 2.72 bits per heavy atom. The van der Waals surface area contributed by atoms with E-state index in [0.29, 0.717) is 0 Å². The molecule has 0 saturated carbocycles. The Kier molecular flexibility index (Phi) is 4.25. The lowest BCUT2D eigenvalue weighted by molar-refractivity contribution is 0.894. The van der Waals surface area contributed by atoms with Crippen molar-refractivity contribution in [2.75, 3.05) is 0 Å². The molecule has 0 fully saturated rings.